The first-order valence-electron chi connectivity index (χ1n) is 5.58. The molecule has 1 aromatic carbocycles. The molecule has 0 spiro atoms. The maximum Gasteiger partial charge on any atom is 0.319 e. The van der Waals surface area contributed by atoms with Crippen LogP contribution in [0.15, 0.2) is 24.3 Å². The SMILES string of the molecule is Nc1cccc(NC(=O)NC2CCS(=O)(=O)C2)c1. The topological polar surface area (TPSA) is 101 Å². The number of nitrogens with one attached hydrogen (secondary N) is 2. The number of benzene rings is 1. The van der Waals surface area contributed by atoms with Gasteiger partial charge in [-0.2, -0.15) is 0 Å². The van der Waals surface area contributed by atoms with Crippen molar-refractivity contribution in [2.75, 3.05) is 22.6 Å². The quantitative estimate of drug-likeness (QED) is 0.683. The number of urea groups is 1. The molecule has 1 aliphatic heterocycles. The standard InChI is InChI=1S/C11H15N3O3S/c12-8-2-1-3-9(6-8)13-11(15)14-10-4-5-18(16,17)7-10/h1-3,6,10H,4-5,7,12H2,(H2,13,14,15). The van der Waals surface area contributed by atoms with Gasteiger partial charge in [0.1, 0.15) is 0 Å². The van der Waals surface area contributed by atoms with E-state index in [0.29, 0.717) is 17.8 Å². The Morgan fingerprint density at radius 1 is 1.39 bits per heavy atom. The van der Waals surface area contributed by atoms with Gasteiger partial charge in [-0.3, -0.25) is 0 Å². The lowest BCUT2D eigenvalue weighted by molar-refractivity contribution is 0.249. The van der Waals surface area contributed by atoms with E-state index >= 15 is 0 Å². The second-order valence-electron chi connectivity index (χ2n) is 4.32. The number of nitrogen functional groups attached to an aromatic ring is 1. The van der Waals surface area contributed by atoms with E-state index in [1.165, 1.54) is 0 Å². The lowest BCUT2D eigenvalue weighted by Gasteiger charge is -2.12. The van der Waals surface area contributed by atoms with Crippen molar-refractivity contribution < 1.29 is 13.2 Å². The third kappa shape index (κ3) is 3.36. The van der Waals surface area contributed by atoms with Gasteiger partial charge in [0.05, 0.1) is 11.5 Å². The number of rotatable bonds is 2. The molecular formula is C11H15N3O3S. The summed E-state index contributed by atoms with van der Waals surface area (Å²) >= 11 is 0. The fourth-order valence-corrected chi connectivity index (χ4v) is 3.55. The number of carbonyl (C=O) groups is 1. The third-order valence-corrected chi connectivity index (χ3v) is 4.48. The lowest BCUT2D eigenvalue weighted by Crippen LogP contribution is -2.38. The van der Waals surface area contributed by atoms with E-state index in [4.69, 9.17) is 5.73 Å². The van der Waals surface area contributed by atoms with Crippen LogP contribution >= 0.6 is 0 Å². The molecule has 0 bridgehead atoms. The van der Waals surface area contributed by atoms with E-state index < -0.39 is 15.9 Å². The van der Waals surface area contributed by atoms with Crippen LogP contribution in [-0.4, -0.2) is 32.0 Å². The normalized spacial score (nSPS) is 21.4. The van der Waals surface area contributed by atoms with Crippen LogP contribution in [0.2, 0.25) is 0 Å². The van der Waals surface area contributed by atoms with Crippen LogP contribution in [0, 0.1) is 0 Å². The fourth-order valence-electron chi connectivity index (χ4n) is 1.88. The van der Waals surface area contributed by atoms with Crippen LogP contribution in [0.5, 0.6) is 0 Å². The van der Waals surface area contributed by atoms with Gasteiger partial charge in [0.15, 0.2) is 9.84 Å². The highest BCUT2D eigenvalue weighted by atomic mass is 32.2. The summed E-state index contributed by atoms with van der Waals surface area (Å²) in [6, 6.07) is 6.06. The van der Waals surface area contributed by atoms with Crippen molar-refractivity contribution in [1.29, 1.82) is 0 Å². The van der Waals surface area contributed by atoms with Crippen molar-refractivity contribution in [2.45, 2.75) is 12.5 Å². The molecule has 6 nitrogen and oxygen atoms in total. The zero-order valence-corrected chi connectivity index (χ0v) is 10.5. The van der Waals surface area contributed by atoms with Gasteiger partial charge in [-0.15, -0.1) is 0 Å². The Hall–Kier alpha value is -1.76. The lowest BCUT2D eigenvalue weighted by atomic mass is 10.2. The van der Waals surface area contributed by atoms with Crippen molar-refractivity contribution in [2.24, 2.45) is 0 Å². The van der Waals surface area contributed by atoms with Crippen LogP contribution in [0.1, 0.15) is 6.42 Å². The predicted molar refractivity (Wildman–Crippen MR) is 70.1 cm³/mol. The monoisotopic (exact) mass is 269 g/mol. The molecule has 18 heavy (non-hydrogen) atoms. The summed E-state index contributed by atoms with van der Waals surface area (Å²) in [4.78, 5) is 11.6. The first-order chi connectivity index (χ1) is 8.44. The van der Waals surface area contributed by atoms with Crippen LogP contribution in [0.25, 0.3) is 0 Å². The van der Waals surface area contributed by atoms with Gasteiger partial charge in [-0.05, 0) is 24.6 Å². The highest BCUT2D eigenvalue weighted by Crippen LogP contribution is 2.13. The van der Waals surface area contributed by atoms with E-state index in [2.05, 4.69) is 10.6 Å². The van der Waals surface area contributed by atoms with Crippen molar-refractivity contribution in [3.05, 3.63) is 24.3 Å². The Labute approximate surface area is 105 Å². The number of anilines is 2. The van der Waals surface area contributed by atoms with E-state index in [9.17, 15) is 13.2 Å². The highest BCUT2D eigenvalue weighted by molar-refractivity contribution is 7.91. The average Bonchev–Trinajstić information content (AvgIpc) is 2.57. The van der Waals surface area contributed by atoms with Crippen LogP contribution in [-0.2, 0) is 9.84 Å². The molecule has 1 heterocycles. The number of hydrogen-bond donors (Lipinski definition) is 3. The van der Waals surface area contributed by atoms with Gasteiger partial charge in [0, 0.05) is 17.4 Å². The Balaban J connectivity index is 1.90. The number of carbonyl (C=O) groups excluding carboxylic acids is 1. The van der Waals surface area contributed by atoms with E-state index in [0.717, 1.165) is 0 Å². The van der Waals surface area contributed by atoms with E-state index in [-0.39, 0.29) is 17.5 Å². The molecule has 2 amide bonds. The van der Waals surface area contributed by atoms with Crippen molar-refractivity contribution in [1.82, 2.24) is 5.32 Å². The van der Waals surface area contributed by atoms with Crippen molar-refractivity contribution in [3.63, 3.8) is 0 Å². The van der Waals surface area contributed by atoms with Gasteiger partial charge in [-0.25, -0.2) is 13.2 Å². The third-order valence-electron chi connectivity index (χ3n) is 2.71. The Morgan fingerprint density at radius 2 is 2.17 bits per heavy atom. The smallest absolute Gasteiger partial charge is 0.319 e. The first-order valence-corrected chi connectivity index (χ1v) is 7.40. The molecule has 2 rings (SSSR count). The molecule has 98 valence electrons. The largest absolute Gasteiger partial charge is 0.399 e. The summed E-state index contributed by atoms with van der Waals surface area (Å²) in [5, 5.41) is 5.24. The maximum atomic E-state index is 11.6. The summed E-state index contributed by atoms with van der Waals surface area (Å²) in [6.45, 7) is 0. The number of nitrogens with two attached hydrogens (primary N) is 1. The van der Waals surface area contributed by atoms with Crippen LogP contribution in [0.4, 0.5) is 16.2 Å². The molecule has 0 aromatic heterocycles. The summed E-state index contributed by atoms with van der Waals surface area (Å²) < 4.78 is 22.5. The first kappa shape index (κ1) is 12.7. The zero-order valence-electron chi connectivity index (χ0n) is 9.72. The molecule has 1 aromatic rings. The minimum atomic E-state index is -2.98. The summed E-state index contributed by atoms with van der Waals surface area (Å²) in [7, 11) is -2.98. The summed E-state index contributed by atoms with van der Waals surface area (Å²) in [6.07, 6.45) is 0.465. The molecule has 0 saturated carbocycles. The molecule has 0 aliphatic carbocycles. The molecular weight excluding hydrogens is 254 g/mol. The molecule has 1 unspecified atom stereocenters. The number of amides is 2. The molecule has 1 aliphatic rings. The van der Waals surface area contributed by atoms with E-state index in [1.807, 2.05) is 0 Å². The molecule has 7 heteroatoms. The zero-order chi connectivity index (χ0) is 13.2. The molecule has 1 saturated heterocycles. The minimum absolute atomic E-state index is 0.0113. The van der Waals surface area contributed by atoms with Gasteiger partial charge < -0.3 is 16.4 Å². The van der Waals surface area contributed by atoms with Crippen molar-refractivity contribution >= 4 is 27.2 Å². The second-order valence-corrected chi connectivity index (χ2v) is 6.55. The Bertz CT molecular complexity index is 556. The molecule has 4 N–H and O–H groups in total. The Kier molecular flexibility index (Phi) is 3.42. The van der Waals surface area contributed by atoms with E-state index in [1.54, 1.807) is 24.3 Å². The van der Waals surface area contributed by atoms with Gasteiger partial charge in [-0.1, -0.05) is 6.07 Å². The second kappa shape index (κ2) is 4.85. The summed E-state index contributed by atoms with van der Waals surface area (Å²) in [5.74, 6) is 0.146. The number of hydrogen-bond acceptors (Lipinski definition) is 4. The van der Waals surface area contributed by atoms with Gasteiger partial charge >= 0.3 is 6.03 Å². The van der Waals surface area contributed by atoms with Crippen LogP contribution in [0.3, 0.4) is 0 Å². The molecule has 1 fully saturated rings. The van der Waals surface area contributed by atoms with Gasteiger partial charge in [0.25, 0.3) is 0 Å². The fraction of sp³-hybridized carbons (Fsp3) is 0.364. The Morgan fingerprint density at radius 3 is 2.78 bits per heavy atom. The minimum Gasteiger partial charge on any atom is -0.399 e. The number of sulfone groups is 1. The molecule has 0 radical (unpaired) electrons. The maximum absolute atomic E-state index is 11.6. The molecule has 1 atom stereocenters. The van der Waals surface area contributed by atoms with Crippen LogP contribution < -0.4 is 16.4 Å². The average molecular weight is 269 g/mol. The summed E-state index contributed by atoms with van der Waals surface area (Å²) in [5.41, 5.74) is 6.71. The van der Waals surface area contributed by atoms with Gasteiger partial charge in [0.2, 0.25) is 0 Å². The van der Waals surface area contributed by atoms with Crippen molar-refractivity contribution in [3.8, 4) is 0 Å². The highest BCUT2D eigenvalue weighted by Gasteiger charge is 2.28. The predicted octanol–water partition coefficient (Wildman–Crippen LogP) is 0.577.